The summed E-state index contributed by atoms with van der Waals surface area (Å²) in [5.41, 5.74) is 2.71. The van der Waals surface area contributed by atoms with Crippen LogP contribution in [0.2, 0.25) is 0 Å². The van der Waals surface area contributed by atoms with E-state index in [0.29, 0.717) is 23.3 Å². The van der Waals surface area contributed by atoms with Gasteiger partial charge in [-0.05, 0) is 45.4 Å². The van der Waals surface area contributed by atoms with Crippen molar-refractivity contribution in [3.05, 3.63) is 52.8 Å². The average molecular weight is 389 g/mol. The van der Waals surface area contributed by atoms with Crippen molar-refractivity contribution in [2.75, 3.05) is 18.1 Å². The summed E-state index contributed by atoms with van der Waals surface area (Å²) in [7, 11) is -3.00. The van der Waals surface area contributed by atoms with Crippen LogP contribution in [0.1, 0.15) is 51.5 Å². The van der Waals surface area contributed by atoms with Gasteiger partial charge in [-0.3, -0.25) is 9.59 Å². The van der Waals surface area contributed by atoms with Crippen molar-refractivity contribution < 1.29 is 22.7 Å². The number of benzene rings is 1. The first-order chi connectivity index (χ1) is 12.7. The quantitative estimate of drug-likeness (QED) is 0.710. The van der Waals surface area contributed by atoms with Gasteiger partial charge in [-0.25, -0.2) is 8.42 Å². The number of nitrogens with zero attached hydrogens (tertiary/aromatic N) is 1. The lowest BCUT2D eigenvalue weighted by Crippen LogP contribution is -2.16. The Balaban J connectivity index is 1.75. The van der Waals surface area contributed by atoms with Gasteiger partial charge in [0.25, 0.3) is 0 Å². The van der Waals surface area contributed by atoms with Gasteiger partial charge in [0.2, 0.25) is 5.78 Å². The molecule has 6 nitrogen and oxygen atoms in total. The monoisotopic (exact) mass is 389 g/mol. The van der Waals surface area contributed by atoms with E-state index in [9.17, 15) is 18.0 Å². The van der Waals surface area contributed by atoms with Gasteiger partial charge in [0, 0.05) is 28.6 Å². The van der Waals surface area contributed by atoms with Crippen LogP contribution in [-0.2, 0) is 9.84 Å². The molecule has 1 saturated heterocycles. The molecule has 1 aliphatic rings. The molecule has 0 spiro atoms. The van der Waals surface area contributed by atoms with Crippen LogP contribution < -0.4 is 4.74 Å². The zero-order valence-corrected chi connectivity index (χ0v) is 16.5. The van der Waals surface area contributed by atoms with E-state index in [0.717, 1.165) is 11.4 Å². The minimum Gasteiger partial charge on any atom is -0.485 e. The number of ether oxygens (including phenoxy) is 1. The van der Waals surface area contributed by atoms with Gasteiger partial charge >= 0.3 is 0 Å². The Morgan fingerprint density at radius 3 is 2.59 bits per heavy atom. The number of carbonyl (C=O) groups excluding carboxylic acids is 2. The number of rotatable bonds is 6. The highest BCUT2D eigenvalue weighted by molar-refractivity contribution is 7.91. The van der Waals surface area contributed by atoms with Crippen LogP contribution in [0.15, 0.2) is 30.3 Å². The van der Waals surface area contributed by atoms with Crippen molar-refractivity contribution in [1.29, 1.82) is 0 Å². The number of hydrogen-bond donors (Lipinski definition) is 0. The molecule has 0 N–H and O–H groups in total. The van der Waals surface area contributed by atoms with E-state index in [1.54, 1.807) is 30.3 Å². The Hall–Kier alpha value is -2.41. The molecular formula is C20H23NO5S. The third kappa shape index (κ3) is 4.13. The summed E-state index contributed by atoms with van der Waals surface area (Å²) in [5.74, 6) is 0.524. The highest BCUT2D eigenvalue weighted by atomic mass is 32.2. The van der Waals surface area contributed by atoms with Gasteiger partial charge in [0.15, 0.2) is 22.2 Å². The summed E-state index contributed by atoms with van der Waals surface area (Å²) in [4.78, 5) is 24.1. The third-order valence-corrected chi connectivity index (χ3v) is 6.72. The van der Waals surface area contributed by atoms with Crippen molar-refractivity contribution >= 4 is 21.4 Å². The highest BCUT2D eigenvalue weighted by Gasteiger charge is 2.31. The van der Waals surface area contributed by atoms with Crippen molar-refractivity contribution in [3.8, 4) is 5.75 Å². The Labute approximate surface area is 159 Å². The van der Waals surface area contributed by atoms with Gasteiger partial charge in [-0.15, -0.1) is 0 Å². The molecule has 0 amide bonds. The second-order valence-corrected chi connectivity index (χ2v) is 9.24. The molecule has 2 heterocycles. The maximum absolute atomic E-state index is 12.6. The number of aromatic nitrogens is 1. The van der Waals surface area contributed by atoms with E-state index < -0.39 is 9.84 Å². The first-order valence-corrected chi connectivity index (χ1v) is 10.7. The zero-order valence-electron chi connectivity index (χ0n) is 15.7. The second kappa shape index (κ2) is 7.31. The molecule has 0 radical (unpaired) electrons. The molecule has 1 aromatic heterocycles. The minimum absolute atomic E-state index is 0.0677. The maximum Gasteiger partial charge on any atom is 0.202 e. The number of aryl methyl sites for hydroxylation is 1. The molecule has 1 aromatic carbocycles. The van der Waals surface area contributed by atoms with E-state index in [2.05, 4.69) is 0 Å². The topological polar surface area (TPSA) is 82.4 Å². The van der Waals surface area contributed by atoms with Crippen LogP contribution in [0, 0.1) is 13.8 Å². The SMILES string of the molecule is CC(=O)c1cccc(OCC(=O)c2cc(C)n(C3CCS(=O)(=O)C3)c2C)c1. The van der Waals surface area contributed by atoms with Crippen molar-refractivity contribution in [3.63, 3.8) is 0 Å². The maximum atomic E-state index is 12.6. The first kappa shape index (κ1) is 19.4. The predicted octanol–water partition coefficient (Wildman–Crippen LogP) is 2.93. The molecule has 2 aromatic rings. The zero-order chi connectivity index (χ0) is 19.8. The number of Topliss-reactive ketones (excluding diaryl/α,β-unsaturated/α-hetero) is 2. The molecule has 1 fully saturated rings. The Morgan fingerprint density at radius 1 is 1.22 bits per heavy atom. The molecule has 7 heteroatoms. The fraction of sp³-hybridized carbons (Fsp3) is 0.400. The largest absolute Gasteiger partial charge is 0.485 e. The summed E-state index contributed by atoms with van der Waals surface area (Å²) >= 11 is 0. The van der Waals surface area contributed by atoms with Crippen LogP contribution in [-0.4, -0.2) is 42.7 Å². The molecular weight excluding hydrogens is 366 g/mol. The van der Waals surface area contributed by atoms with Crippen molar-refractivity contribution in [1.82, 2.24) is 4.57 Å². The number of sulfone groups is 1. The smallest absolute Gasteiger partial charge is 0.202 e. The molecule has 0 aliphatic carbocycles. The van der Waals surface area contributed by atoms with Gasteiger partial charge in [0.05, 0.1) is 11.5 Å². The fourth-order valence-corrected chi connectivity index (χ4v) is 5.33. The molecule has 3 rings (SSSR count). The van der Waals surface area contributed by atoms with E-state index in [4.69, 9.17) is 4.74 Å². The highest BCUT2D eigenvalue weighted by Crippen LogP contribution is 2.29. The van der Waals surface area contributed by atoms with Crippen molar-refractivity contribution in [2.45, 2.75) is 33.2 Å². The van der Waals surface area contributed by atoms with Crippen molar-refractivity contribution in [2.24, 2.45) is 0 Å². The predicted molar refractivity (Wildman–Crippen MR) is 102 cm³/mol. The average Bonchev–Trinajstić information content (AvgIpc) is 3.11. The van der Waals surface area contributed by atoms with Gasteiger partial charge in [0.1, 0.15) is 5.75 Å². The standard InChI is InChI=1S/C20H23NO5S/c1-13-9-19(14(2)21(13)17-7-8-27(24,25)12-17)20(23)11-26-18-6-4-5-16(10-18)15(3)22/h4-6,9-10,17H,7-8,11-12H2,1-3H3. The van der Waals surface area contributed by atoms with Crippen LogP contribution in [0.3, 0.4) is 0 Å². The molecule has 1 unspecified atom stereocenters. The summed E-state index contributed by atoms with van der Waals surface area (Å²) in [5, 5.41) is 0. The lowest BCUT2D eigenvalue weighted by Gasteiger charge is -2.16. The lowest BCUT2D eigenvalue weighted by atomic mass is 10.1. The van der Waals surface area contributed by atoms with Gasteiger partial charge < -0.3 is 9.30 Å². The minimum atomic E-state index is -3.00. The number of ketones is 2. The summed E-state index contributed by atoms with van der Waals surface area (Å²) in [6.07, 6.45) is 0.570. The second-order valence-electron chi connectivity index (χ2n) is 7.01. The van der Waals surface area contributed by atoms with Gasteiger partial charge in [-0.1, -0.05) is 12.1 Å². The number of carbonyl (C=O) groups is 2. The summed E-state index contributed by atoms with van der Waals surface area (Å²) in [6, 6.07) is 8.39. The van der Waals surface area contributed by atoms with E-state index in [1.165, 1.54) is 6.92 Å². The van der Waals surface area contributed by atoms with Gasteiger partial charge in [-0.2, -0.15) is 0 Å². The molecule has 1 atom stereocenters. The molecule has 27 heavy (non-hydrogen) atoms. The van der Waals surface area contributed by atoms with E-state index in [1.807, 2.05) is 18.4 Å². The molecule has 0 saturated carbocycles. The Kier molecular flexibility index (Phi) is 5.24. The fourth-order valence-electron chi connectivity index (χ4n) is 3.63. The summed E-state index contributed by atoms with van der Waals surface area (Å²) < 4.78 is 31.1. The molecule has 1 aliphatic heterocycles. The van der Waals surface area contributed by atoms with Crippen LogP contribution in [0.4, 0.5) is 0 Å². The van der Waals surface area contributed by atoms with Crippen LogP contribution in [0.25, 0.3) is 0 Å². The van der Waals surface area contributed by atoms with E-state index in [-0.39, 0.29) is 35.7 Å². The molecule has 144 valence electrons. The Bertz CT molecular complexity index is 1000. The third-order valence-electron chi connectivity index (χ3n) is 4.97. The lowest BCUT2D eigenvalue weighted by molar-refractivity contribution is 0.0920. The van der Waals surface area contributed by atoms with Crippen LogP contribution in [0.5, 0.6) is 5.75 Å². The van der Waals surface area contributed by atoms with E-state index >= 15 is 0 Å². The number of hydrogen-bond acceptors (Lipinski definition) is 5. The van der Waals surface area contributed by atoms with Crippen LogP contribution >= 0.6 is 0 Å². The Morgan fingerprint density at radius 2 is 1.96 bits per heavy atom. The first-order valence-electron chi connectivity index (χ1n) is 8.84. The summed E-state index contributed by atoms with van der Waals surface area (Å²) in [6.45, 7) is 5.05. The normalized spacial score (nSPS) is 18.4. The molecule has 0 bridgehead atoms.